The largest absolute Gasteiger partial charge is 0.496 e. The minimum Gasteiger partial charge on any atom is -0.496 e. The molecular weight excluding hydrogens is 328 g/mol. The van der Waals surface area contributed by atoms with E-state index in [2.05, 4.69) is 10.3 Å². The van der Waals surface area contributed by atoms with Crippen LogP contribution in [-0.2, 0) is 27.3 Å². The van der Waals surface area contributed by atoms with Crippen molar-refractivity contribution in [3.63, 3.8) is 0 Å². The number of hydrogen-bond donors (Lipinski definition) is 1. The zero-order valence-corrected chi connectivity index (χ0v) is 14.7. The van der Waals surface area contributed by atoms with Gasteiger partial charge in [-0.05, 0) is 19.9 Å². The summed E-state index contributed by atoms with van der Waals surface area (Å²) in [6, 6.07) is 7.40. The van der Waals surface area contributed by atoms with E-state index >= 15 is 0 Å². The van der Waals surface area contributed by atoms with E-state index in [1.54, 1.807) is 14.0 Å². The van der Waals surface area contributed by atoms with Crippen molar-refractivity contribution < 1.29 is 19.1 Å². The molecule has 2 rings (SSSR count). The molecule has 128 valence electrons. The highest BCUT2D eigenvalue weighted by atomic mass is 32.1. The summed E-state index contributed by atoms with van der Waals surface area (Å²) in [7, 11) is 1.57. The van der Waals surface area contributed by atoms with Gasteiger partial charge in [-0.1, -0.05) is 18.2 Å². The average Bonchev–Trinajstić information content (AvgIpc) is 2.97. The minimum absolute atomic E-state index is 0.0640. The van der Waals surface area contributed by atoms with E-state index < -0.39 is 12.1 Å². The first-order chi connectivity index (χ1) is 11.5. The highest BCUT2D eigenvalue weighted by Gasteiger charge is 2.18. The molecule has 1 aromatic carbocycles. The van der Waals surface area contributed by atoms with Gasteiger partial charge in [0.25, 0.3) is 5.91 Å². The Morgan fingerprint density at radius 1 is 1.33 bits per heavy atom. The Kier molecular flexibility index (Phi) is 6.31. The predicted molar refractivity (Wildman–Crippen MR) is 90.9 cm³/mol. The first-order valence-electron chi connectivity index (χ1n) is 7.49. The van der Waals surface area contributed by atoms with Gasteiger partial charge in [-0.25, -0.2) is 4.98 Å². The number of aryl methyl sites for hydroxylation is 1. The average molecular weight is 348 g/mol. The van der Waals surface area contributed by atoms with E-state index in [9.17, 15) is 9.59 Å². The molecule has 6 nitrogen and oxygen atoms in total. The first kappa shape index (κ1) is 17.9. The number of nitrogens with zero attached hydrogens (tertiary/aromatic N) is 1. The molecule has 24 heavy (non-hydrogen) atoms. The van der Waals surface area contributed by atoms with Crippen LogP contribution in [0.5, 0.6) is 5.75 Å². The Bertz CT molecular complexity index is 714. The lowest BCUT2D eigenvalue weighted by Crippen LogP contribution is -2.35. The Labute approximate surface area is 144 Å². The molecule has 1 unspecified atom stereocenters. The molecule has 1 atom stereocenters. The van der Waals surface area contributed by atoms with Crippen LogP contribution in [0.25, 0.3) is 0 Å². The number of hydrogen-bond acceptors (Lipinski definition) is 6. The maximum absolute atomic E-state index is 12.1. The summed E-state index contributed by atoms with van der Waals surface area (Å²) in [5.41, 5.74) is 1.51. The predicted octanol–water partition coefficient (Wildman–Crippen LogP) is 2.25. The van der Waals surface area contributed by atoms with Crippen LogP contribution < -0.4 is 10.1 Å². The van der Waals surface area contributed by atoms with Crippen LogP contribution in [0.1, 0.15) is 23.2 Å². The monoisotopic (exact) mass is 348 g/mol. The highest BCUT2D eigenvalue weighted by molar-refractivity contribution is 7.09. The van der Waals surface area contributed by atoms with Crippen molar-refractivity contribution in [1.29, 1.82) is 0 Å². The molecule has 0 spiro atoms. The summed E-state index contributed by atoms with van der Waals surface area (Å²) in [5, 5.41) is 5.43. The summed E-state index contributed by atoms with van der Waals surface area (Å²) >= 11 is 1.47. The van der Waals surface area contributed by atoms with Gasteiger partial charge in [-0.2, -0.15) is 0 Å². The molecule has 0 saturated heterocycles. The van der Waals surface area contributed by atoms with Crippen LogP contribution in [0.2, 0.25) is 0 Å². The molecular formula is C17H20N2O4S. The Morgan fingerprint density at radius 3 is 2.75 bits per heavy atom. The number of carbonyl (C=O) groups is 2. The molecule has 1 amide bonds. The van der Waals surface area contributed by atoms with Gasteiger partial charge in [-0.15, -0.1) is 11.3 Å². The van der Waals surface area contributed by atoms with Crippen molar-refractivity contribution in [1.82, 2.24) is 10.3 Å². The number of methoxy groups -OCH3 is 1. The van der Waals surface area contributed by atoms with Crippen LogP contribution in [0.3, 0.4) is 0 Å². The van der Waals surface area contributed by atoms with E-state index in [0.29, 0.717) is 18.0 Å². The second kappa shape index (κ2) is 8.44. The molecule has 1 N–H and O–H groups in total. The van der Waals surface area contributed by atoms with Gasteiger partial charge in [0.15, 0.2) is 6.10 Å². The van der Waals surface area contributed by atoms with Crippen LogP contribution in [0.4, 0.5) is 0 Å². The Hall–Kier alpha value is -2.41. The van der Waals surface area contributed by atoms with Crippen molar-refractivity contribution in [3.05, 3.63) is 45.9 Å². The lowest BCUT2D eigenvalue weighted by atomic mass is 10.2. The number of nitrogens with one attached hydrogen (secondary N) is 1. The molecule has 0 fully saturated rings. The molecule has 0 saturated carbocycles. The van der Waals surface area contributed by atoms with Crippen molar-refractivity contribution >= 4 is 23.2 Å². The summed E-state index contributed by atoms with van der Waals surface area (Å²) in [4.78, 5) is 28.1. The number of ether oxygens (including phenoxy) is 2. The lowest BCUT2D eigenvalue weighted by molar-refractivity contribution is -0.154. The zero-order valence-electron chi connectivity index (χ0n) is 13.9. The molecule has 0 aliphatic heterocycles. The van der Waals surface area contributed by atoms with Gasteiger partial charge in [0.1, 0.15) is 5.75 Å². The Morgan fingerprint density at radius 2 is 2.08 bits per heavy atom. The van der Waals surface area contributed by atoms with Crippen molar-refractivity contribution in [2.45, 2.75) is 32.9 Å². The lowest BCUT2D eigenvalue weighted by Gasteiger charge is -2.14. The molecule has 1 aromatic heterocycles. The smallest absolute Gasteiger partial charge is 0.312 e. The quantitative estimate of drug-likeness (QED) is 0.777. The zero-order chi connectivity index (χ0) is 17.5. The number of amides is 1. The van der Waals surface area contributed by atoms with Crippen LogP contribution >= 0.6 is 11.3 Å². The Balaban J connectivity index is 1.82. The fourth-order valence-electron chi connectivity index (χ4n) is 2.10. The van der Waals surface area contributed by atoms with Gasteiger partial charge in [0.05, 0.1) is 24.2 Å². The van der Waals surface area contributed by atoms with Crippen molar-refractivity contribution in [3.8, 4) is 5.75 Å². The standard InChI is InChI=1S/C17H20N2O4S/c1-11(23-16(20)8-14-10-24-12(2)19-14)17(21)18-9-13-6-4-5-7-15(13)22-3/h4-7,10-11H,8-9H2,1-3H3,(H,18,21). The van der Waals surface area contributed by atoms with Gasteiger partial charge in [-0.3, -0.25) is 9.59 Å². The third-order valence-corrected chi connectivity index (χ3v) is 4.14. The fraction of sp³-hybridized carbons (Fsp3) is 0.353. The molecule has 0 aliphatic carbocycles. The molecule has 7 heteroatoms. The van der Waals surface area contributed by atoms with Crippen LogP contribution in [0.15, 0.2) is 29.6 Å². The number of carbonyl (C=O) groups excluding carboxylic acids is 2. The van der Waals surface area contributed by atoms with Gasteiger partial charge < -0.3 is 14.8 Å². The molecule has 2 aromatic rings. The number of rotatable bonds is 7. The minimum atomic E-state index is -0.869. The highest BCUT2D eigenvalue weighted by Crippen LogP contribution is 2.16. The maximum Gasteiger partial charge on any atom is 0.312 e. The van der Waals surface area contributed by atoms with E-state index in [1.165, 1.54) is 11.3 Å². The number of para-hydroxylation sites is 1. The number of esters is 1. The third kappa shape index (κ3) is 5.06. The van der Waals surface area contributed by atoms with Crippen molar-refractivity contribution in [2.24, 2.45) is 0 Å². The normalized spacial score (nSPS) is 11.6. The fourth-order valence-corrected chi connectivity index (χ4v) is 2.72. The summed E-state index contributed by atoms with van der Waals surface area (Å²) in [6.45, 7) is 3.71. The van der Waals surface area contributed by atoms with E-state index in [4.69, 9.17) is 9.47 Å². The first-order valence-corrected chi connectivity index (χ1v) is 8.37. The van der Waals surface area contributed by atoms with Gasteiger partial charge >= 0.3 is 5.97 Å². The maximum atomic E-state index is 12.1. The second-order valence-corrected chi connectivity index (χ2v) is 6.26. The second-order valence-electron chi connectivity index (χ2n) is 5.20. The topological polar surface area (TPSA) is 77.5 Å². The molecule has 0 aliphatic rings. The molecule has 1 heterocycles. The molecule has 0 bridgehead atoms. The summed E-state index contributed by atoms with van der Waals surface area (Å²) in [5.74, 6) is -0.134. The van der Waals surface area contributed by atoms with E-state index in [-0.39, 0.29) is 12.3 Å². The van der Waals surface area contributed by atoms with E-state index in [1.807, 2.05) is 36.6 Å². The molecule has 0 radical (unpaired) electrons. The summed E-state index contributed by atoms with van der Waals surface area (Å²) in [6.07, 6.45) is -0.805. The van der Waals surface area contributed by atoms with Gasteiger partial charge in [0, 0.05) is 17.5 Å². The van der Waals surface area contributed by atoms with Crippen molar-refractivity contribution in [2.75, 3.05) is 7.11 Å². The van der Waals surface area contributed by atoms with Gasteiger partial charge in [0.2, 0.25) is 0 Å². The summed E-state index contributed by atoms with van der Waals surface area (Å²) < 4.78 is 10.4. The number of benzene rings is 1. The van der Waals surface area contributed by atoms with Crippen LogP contribution in [-0.4, -0.2) is 30.1 Å². The van der Waals surface area contributed by atoms with E-state index in [0.717, 1.165) is 10.6 Å². The SMILES string of the molecule is COc1ccccc1CNC(=O)C(C)OC(=O)Cc1csc(C)n1. The number of thiazole rings is 1. The third-order valence-electron chi connectivity index (χ3n) is 3.32. The van der Waals surface area contributed by atoms with Crippen LogP contribution in [0, 0.1) is 6.92 Å². The number of aromatic nitrogens is 1.